The van der Waals surface area contributed by atoms with E-state index >= 15 is 0 Å². The van der Waals surface area contributed by atoms with Crippen LogP contribution in [0.3, 0.4) is 0 Å². The van der Waals surface area contributed by atoms with Gasteiger partial charge in [-0.3, -0.25) is 14.7 Å². The molecular weight excluding hydrogens is 373 g/mol. The SMILES string of the molecule is CNC(=O)C(NC(=O)c1cc(-c2ccc(F)cc2)n[nH]1)c1ccc(F)c(F)c1. The van der Waals surface area contributed by atoms with Crippen molar-refractivity contribution in [3.8, 4) is 11.3 Å². The van der Waals surface area contributed by atoms with E-state index < -0.39 is 35.3 Å². The molecule has 9 heteroatoms. The molecule has 3 N–H and O–H groups in total. The maximum Gasteiger partial charge on any atom is 0.270 e. The number of benzene rings is 2. The smallest absolute Gasteiger partial charge is 0.270 e. The molecule has 0 saturated carbocycles. The Balaban J connectivity index is 1.83. The molecule has 0 aliphatic rings. The first-order chi connectivity index (χ1) is 13.4. The van der Waals surface area contributed by atoms with Gasteiger partial charge in [-0.25, -0.2) is 13.2 Å². The van der Waals surface area contributed by atoms with Crippen LogP contribution in [0.4, 0.5) is 13.2 Å². The minimum Gasteiger partial charge on any atom is -0.357 e. The van der Waals surface area contributed by atoms with Crippen LogP contribution in [0.1, 0.15) is 22.1 Å². The van der Waals surface area contributed by atoms with Gasteiger partial charge in [0.2, 0.25) is 5.91 Å². The standard InChI is InChI=1S/C19H15F3N4O2/c1-23-19(28)17(11-4-7-13(21)14(22)8-11)24-18(27)16-9-15(25-26-16)10-2-5-12(20)6-3-10/h2-9,17H,1H3,(H,23,28)(H,24,27)(H,25,26). The van der Waals surface area contributed by atoms with E-state index in [4.69, 9.17) is 0 Å². The Morgan fingerprint density at radius 1 is 1.00 bits per heavy atom. The summed E-state index contributed by atoms with van der Waals surface area (Å²) in [6, 6.07) is 8.61. The van der Waals surface area contributed by atoms with Crippen molar-refractivity contribution in [2.24, 2.45) is 0 Å². The second-order valence-electron chi connectivity index (χ2n) is 5.87. The normalized spacial score (nSPS) is 11.7. The molecule has 0 fully saturated rings. The highest BCUT2D eigenvalue weighted by Crippen LogP contribution is 2.20. The van der Waals surface area contributed by atoms with E-state index in [0.29, 0.717) is 11.3 Å². The van der Waals surface area contributed by atoms with E-state index in [1.807, 2.05) is 0 Å². The molecule has 2 amide bonds. The summed E-state index contributed by atoms with van der Waals surface area (Å²) < 4.78 is 39.7. The van der Waals surface area contributed by atoms with Crippen molar-refractivity contribution in [1.82, 2.24) is 20.8 Å². The highest BCUT2D eigenvalue weighted by atomic mass is 19.2. The molecule has 28 heavy (non-hydrogen) atoms. The molecule has 1 aromatic heterocycles. The number of hydrogen-bond acceptors (Lipinski definition) is 3. The lowest BCUT2D eigenvalue weighted by Crippen LogP contribution is -2.39. The molecule has 3 rings (SSSR count). The summed E-state index contributed by atoms with van der Waals surface area (Å²) in [5.41, 5.74) is 1.09. The Kier molecular flexibility index (Phi) is 5.44. The van der Waals surface area contributed by atoms with E-state index in [0.717, 1.165) is 12.1 Å². The third kappa shape index (κ3) is 4.03. The van der Waals surface area contributed by atoms with E-state index in [9.17, 15) is 22.8 Å². The number of rotatable bonds is 5. The Morgan fingerprint density at radius 3 is 2.36 bits per heavy atom. The fraction of sp³-hybridized carbons (Fsp3) is 0.105. The Morgan fingerprint density at radius 2 is 1.71 bits per heavy atom. The summed E-state index contributed by atoms with van der Waals surface area (Å²) in [5, 5.41) is 11.3. The molecule has 2 aromatic carbocycles. The first-order valence-electron chi connectivity index (χ1n) is 8.18. The van der Waals surface area contributed by atoms with Crippen LogP contribution < -0.4 is 10.6 Å². The van der Waals surface area contributed by atoms with Gasteiger partial charge in [0.15, 0.2) is 11.6 Å². The lowest BCUT2D eigenvalue weighted by Gasteiger charge is -2.17. The summed E-state index contributed by atoms with van der Waals surface area (Å²) in [4.78, 5) is 24.6. The number of H-pyrrole nitrogens is 1. The zero-order valence-electron chi connectivity index (χ0n) is 14.6. The number of carbonyl (C=O) groups is 2. The lowest BCUT2D eigenvalue weighted by atomic mass is 10.1. The average molecular weight is 388 g/mol. The number of aromatic nitrogens is 2. The van der Waals surface area contributed by atoms with Crippen molar-refractivity contribution >= 4 is 11.8 Å². The fourth-order valence-corrected chi connectivity index (χ4v) is 2.55. The lowest BCUT2D eigenvalue weighted by molar-refractivity contribution is -0.122. The zero-order valence-corrected chi connectivity index (χ0v) is 14.6. The minimum absolute atomic E-state index is 0.0378. The average Bonchev–Trinajstić information content (AvgIpc) is 3.18. The van der Waals surface area contributed by atoms with E-state index in [2.05, 4.69) is 20.8 Å². The highest BCUT2D eigenvalue weighted by Gasteiger charge is 2.24. The third-order valence-electron chi connectivity index (χ3n) is 4.02. The first-order valence-corrected chi connectivity index (χ1v) is 8.18. The first kappa shape index (κ1) is 19.2. The maximum absolute atomic E-state index is 13.5. The van der Waals surface area contributed by atoms with Crippen molar-refractivity contribution in [3.05, 3.63) is 77.2 Å². The number of amides is 2. The van der Waals surface area contributed by atoms with Crippen LogP contribution in [0.5, 0.6) is 0 Å². The van der Waals surface area contributed by atoms with E-state index in [1.54, 1.807) is 0 Å². The van der Waals surface area contributed by atoms with Crippen molar-refractivity contribution in [3.63, 3.8) is 0 Å². The van der Waals surface area contributed by atoms with Crippen molar-refractivity contribution in [2.45, 2.75) is 6.04 Å². The van der Waals surface area contributed by atoms with Gasteiger partial charge >= 0.3 is 0 Å². The molecule has 1 atom stereocenters. The van der Waals surface area contributed by atoms with E-state index in [1.165, 1.54) is 43.4 Å². The van der Waals surface area contributed by atoms with Crippen LogP contribution in [0.2, 0.25) is 0 Å². The van der Waals surface area contributed by atoms with Gasteiger partial charge < -0.3 is 10.6 Å². The molecule has 0 aliphatic heterocycles. The number of nitrogens with zero attached hydrogens (tertiary/aromatic N) is 1. The Hall–Kier alpha value is -3.62. The second-order valence-corrected chi connectivity index (χ2v) is 5.87. The molecule has 6 nitrogen and oxygen atoms in total. The number of likely N-dealkylation sites (N-methyl/N-ethyl adjacent to an activating group) is 1. The van der Waals surface area contributed by atoms with Gasteiger partial charge in [-0.1, -0.05) is 6.07 Å². The predicted octanol–water partition coefficient (Wildman–Crippen LogP) is 2.71. The number of nitrogens with one attached hydrogen (secondary N) is 3. The van der Waals surface area contributed by atoms with Crippen molar-refractivity contribution in [2.75, 3.05) is 7.05 Å². The van der Waals surface area contributed by atoms with Crippen LogP contribution in [0.15, 0.2) is 48.5 Å². The number of halogens is 3. The molecule has 3 aromatic rings. The summed E-state index contributed by atoms with van der Waals surface area (Å²) in [7, 11) is 1.35. The molecule has 0 aliphatic carbocycles. The number of carbonyl (C=O) groups excluding carboxylic acids is 2. The van der Waals surface area contributed by atoms with Crippen LogP contribution in [-0.2, 0) is 4.79 Å². The van der Waals surface area contributed by atoms with Crippen LogP contribution >= 0.6 is 0 Å². The zero-order chi connectivity index (χ0) is 20.3. The van der Waals surface area contributed by atoms with Gasteiger partial charge in [0.05, 0.1) is 5.69 Å². The molecular formula is C19H15F3N4O2. The molecule has 1 unspecified atom stereocenters. The quantitative estimate of drug-likeness (QED) is 0.628. The van der Waals surface area contributed by atoms with Crippen LogP contribution in [-0.4, -0.2) is 29.1 Å². The summed E-state index contributed by atoms with van der Waals surface area (Å²) in [6.45, 7) is 0. The van der Waals surface area contributed by atoms with Crippen molar-refractivity contribution in [1.29, 1.82) is 0 Å². The van der Waals surface area contributed by atoms with Gasteiger partial charge in [0.1, 0.15) is 17.6 Å². The molecule has 0 bridgehead atoms. The minimum atomic E-state index is -1.25. The van der Waals surface area contributed by atoms with Crippen LogP contribution in [0, 0.1) is 17.5 Å². The molecule has 0 radical (unpaired) electrons. The summed E-state index contributed by atoms with van der Waals surface area (Å²) >= 11 is 0. The van der Waals surface area contributed by atoms with Gasteiger partial charge in [0, 0.05) is 12.6 Å². The largest absolute Gasteiger partial charge is 0.357 e. The number of hydrogen-bond donors (Lipinski definition) is 3. The molecule has 0 saturated heterocycles. The fourth-order valence-electron chi connectivity index (χ4n) is 2.55. The summed E-state index contributed by atoms with van der Waals surface area (Å²) in [6.07, 6.45) is 0. The van der Waals surface area contributed by atoms with Gasteiger partial charge in [0.25, 0.3) is 5.91 Å². The highest BCUT2D eigenvalue weighted by molar-refractivity contribution is 5.97. The Labute approximate surface area is 157 Å². The molecule has 144 valence electrons. The van der Waals surface area contributed by atoms with Crippen LogP contribution in [0.25, 0.3) is 11.3 Å². The number of aromatic amines is 1. The second kappa shape index (κ2) is 7.95. The summed E-state index contributed by atoms with van der Waals surface area (Å²) in [5.74, 6) is -3.90. The van der Waals surface area contributed by atoms with Crippen molar-refractivity contribution < 1.29 is 22.8 Å². The molecule has 1 heterocycles. The van der Waals surface area contributed by atoms with E-state index in [-0.39, 0.29) is 11.3 Å². The maximum atomic E-state index is 13.5. The topological polar surface area (TPSA) is 86.9 Å². The Bertz CT molecular complexity index is 1020. The predicted molar refractivity (Wildman–Crippen MR) is 94.6 cm³/mol. The third-order valence-corrected chi connectivity index (χ3v) is 4.02. The molecule has 0 spiro atoms. The van der Waals surface area contributed by atoms with Gasteiger partial charge in [-0.2, -0.15) is 5.10 Å². The van der Waals surface area contributed by atoms with Gasteiger partial charge in [-0.15, -0.1) is 0 Å². The van der Waals surface area contributed by atoms with Gasteiger partial charge in [-0.05, 0) is 48.0 Å². The monoisotopic (exact) mass is 388 g/mol.